The Morgan fingerprint density at radius 3 is 2.88 bits per heavy atom. The first-order valence-electron chi connectivity index (χ1n) is 5.07. The van der Waals surface area contributed by atoms with Gasteiger partial charge in [-0.25, -0.2) is 9.67 Å². The summed E-state index contributed by atoms with van der Waals surface area (Å²) in [7, 11) is 0. The lowest BCUT2D eigenvalue weighted by molar-refractivity contribution is 0.442. The molecule has 0 radical (unpaired) electrons. The van der Waals surface area contributed by atoms with Crippen LogP contribution in [0.5, 0.6) is 0 Å². The van der Waals surface area contributed by atoms with Gasteiger partial charge in [0.2, 0.25) is 5.89 Å². The van der Waals surface area contributed by atoms with E-state index in [0.29, 0.717) is 12.4 Å². The van der Waals surface area contributed by atoms with Crippen molar-refractivity contribution < 1.29 is 4.42 Å². The maximum absolute atomic E-state index is 5.48. The molecule has 0 aliphatic rings. The van der Waals surface area contributed by atoms with Gasteiger partial charge in [0.25, 0.3) is 0 Å². The van der Waals surface area contributed by atoms with Gasteiger partial charge in [-0.1, -0.05) is 21.1 Å². The summed E-state index contributed by atoms with van der Waals surface area (Å²) in [5, 5.41) is 8.95. The Labute approximate surface area is 102 Å². The van der Waals surface area contributed by atoms with Gasteiger partial charge in [-0.15, -0.1) is 5.10 Å². The van der Waals surface area contributed by atoms with Crippen molar-refractivity contribution in [1.29, 1.82) is 0 Å². The Kier molecular flexibility index (Phi) is 3.38. The molecule has 6 heteroatoms. The second kappa shape index (κ2) is 4.78. The molecule has 2 aromatic rings. The van der Waals surface area contributed by atoms with Crippen LogP contribution in [0.4, 0.5) is 0 Å². The zero-order valence-corrected chi connectivity index (χ0v) is 10.9. The van der Waals surface area contributed by atoms with Gasteiger partial charge in [-0.2, -0.15) is 0 Å². The summed E-state index contributed by atoms with van der Waals surface area (Å²) in [6.45, 7) is 4.37. The summed E-state index contributed by atoms with van der Waals surface area (Å²) in [5.41, 5.74) is 1.90. The Morgan fingerprint density at radius 1 is 1.44 bits per heavy atom. The van der Waals surface area contributed by atoms with Gasteiger partial charge < -0.3 is 4.42 Å². The molecule has 0 N–H and O–H groups in total. The van der Waals surface area contributed by atoms with Crippen LogP contribution < -0.4 is 0 Å². The summed E-state index contributed by atoms with van der Waals surface area (Å²) >= 11 is 3.37. The average Bonchev–Trinajstić information content (AvgIpc) is 2.77. The minimum atomic E-state index is 0.532. The third-order valence-corrected chi connectivity index (χ3v) is 2.70. The SMILES string of the molecule is Cc1nc(Cn2cc(CCBr)nn2)oc1C. The largest absolute Gasteiger partial charge is 0.444 e. The summed E-state index contributed by atoms with van der Waals surface area (Å²) in [5.74, 6) is 1.53. The molecule has 16 heavy (non-hydrogen) atoms. The number of nitrogens with zero attached hydrogens (tertiary/aromatic N) is 4. The molecular weight excluding hydrogens is 272 g/mol. The zero-order valence-electron chi connectivity index (χ0n) is 9.27. The molecule has 0 aliphatic heterocycles. The lowest BCUT2D eigenvalue weighted by Crippen LogP contribution is -2.00. The van der Waals surface area contributed by atoms with E-state index in [4.69, 9.17) is 4.42 Å². The molecule has 0 saturated carbocycles. The van der Waals surface area contributed by atoms with E-state index >= 15 is 0 Å². The quantitative estimate of drug-likeness (QED) is 0.805. The third-order valence-electron chi connectivity index (χ3n) is 2.31. The third kappa shape index (κ3) is 2.49. The van der Waals surface area contributed by atoms with E-state index in [-0.39, 0.29) is 0 Å². The maximum atomic E-state index is 5.48. The predicted molar refractivity (Wildman–Crippen MR) is 62.6 cm³/mol. The van der Waals surface area contributed by atoms with Gasteiger partial charge in [-0.05, 0) is 13.8 Å². The molecular formula is C10H13BrN4O. The van der Waals surface area contributed by atoms with Crippen LogP contribution >= 0.6 is 15.9 Å². The molecule has 2 aromatic heterocycles. The van der Waals surface area contributed by atoms with Gasteiger partial charge in [0.1, 0.15) is 12.3 Å². The van der Waals surface area contributed by atoms with Crippen molar-refractivity contribution in [3.05, 3.63) is 29.2 Å². The highest BCUT2D eigenvalue weighted by Crippen LogP contribution is 2.09. The van der Waals surface area contributed by atoms with E-state index in [1.54, 1.807) is 4.68 Å². The van der Waals surface area contributed by atoms with Crippen LogP contribution in [-0.2, 0) is 13.0 Å². The predicted octanol–water partition coefficient (Wildman–Crippen LogP) is 1.87. The number of alkyl halides is 1. The molecule has 0 spiro atoms. The van der Waals surface area contributed by atoms with Crippen LogP contribution in [0.25, 0.3) is 0 Å². The second-order valence-corrected chi connectivity index (χ2v) is 4.39. The first-order chi connectivity index (χ1) is 7.69. The molecule has 0 amide bonds. The van der Waals surface area contributed by atoms with Crippen molar-refractivity contribution in [1.82, 2.24) is 20.0 Å². The summed E-state index contributed by atoms with van der Waals surface area (Å²) in [4.78, 5) is 4.30. The highest BCUT2D eigenvalue weighted by Gasteiger charge is 2.07. The fraction of sp³-hybridized carbons (Fsp3) is 0.500. The Bertz CT molecular complexity index is 457. The van der Waals surface area contributed by atoms with Crippen molar-refractivity contribution >= 4 is 15.9 Å². The number of aryl methyl sites for hydroxylation is 3. The molecule has 0 fully saturated rings. The van der Waals surface area contributed by atoms with Gasteiger partial charge in [-0.3, -0.25) is 0 Å². The van der Waals surface area contributed by atoms with Crippen LogP contribution in [-0.4, -0.2) is 25.3 Å². The number of hydrogen-bond acceptors (Lipinski definition) is 4. The first-order valence-corrected chi connectivity index (χ1v) is 6.19. The topological polar surface area (TPSA) is 56.7 Å². The van der Waals surface area contributed by atoms with Gasteiger partial charge in [0.05, 0.1) is 11.4 Å². The van der Waals surface area contributed by atoms with E-state index in [9.17, 15) is 0 Å². The second-order valence-electron chi connectivity index (χ2n) is 3.60. The highest BCUT2D eigenvalue weighted by molar-refractivity contribution is 9.09. The molecule has 0 aliphatic carbocycles. The molecule has 0 atom stereocenters. The van der Waals surface area contributed by atoms with Crippen molar-refractivity contribution in [3.63, 3.8) is 0 Å². The van der Waals surface area contributed by atoms with Crippen molar-refractivity contribution in [2.75, 3.05) is 5.33 Å². The molecule has 5 nitrogen and oxygen atoms in total. The number of halogens is 1. The fourth-order valence-corrected chi connectivity index (χ4v) is 1.78. The maximum Gasteiger partial charge on any atom is 0.216 e. The van der Waals surface area contributed by atoms with E-state index in [1.807, 2.05) is 20.0 Å². The number of oxazole rings is 1. The molecule has 0 aromatic carbocycles. The monoisotopic (exact) mass is 284 g/mol. The van der Waals surface area contributed by atoms with Crippen LogP contribution in [0.2, 0.25) is 0 Å². The van der Waals surface area contributed by atoms with Gasteiger partial charge in [0.15, 0.2) is 0 Å². The molecule has 0 unspecified atom stereocenters. The highest BCUT2D eigenvalue weighted by atomic mass is 79.9. The molecule has 2 heterocycles. The average molecular weight is 285 g/mol. The Balaban J connectivity index is 2.08. The van der Waals surface area contributed by atoms with Gasteiger partial charge >= 0.3 is 0 Å². The Hall–Kier alpha value is -1.17. The van der Waals surface area contributed by atoms with E-state index in [2.05, 4.69) is 31.2 Å². The van der Waals surface area contributed by atoms with Crippen LogP contribution in [0, 0.1) is 13.8 Å². The lowest BCUT2D eigenvalue weighted by atomic mass is 10.4. The summed E-state index contributed by atoms with van der Waals surface area (Å²) in [6.07, 6.45) is 2.79. The normalized spacial score (nSPS) is 10.9. The van der Waals surface area contributed by atoms with Crippen LogP contribution in [0.1, 0.15) is 23.0 Å². The minimum absolute atomic E-state index is 0.532. The number of hydrogen-bond donors (Lipinski definition) is 0. The van der Waals surface area contributed by atoms with E-state index < -0.39 is 0 Å². The number of rotatable bonds is 4. The van der Waals surface area contributed by atoms with Crippen molar-refractivity contribution in [2.45, 2.75) is 26.8 Å². The smallest absolute Gasteiger partial charge is 0.216 e. The molecule has 0 bridgehead atoms. The van der Waals surface area contributed by atoms with Crippen LogP contribution in [0.15, 0.2) is 10.6 Å². The fourth-order valence-electron chi connectivity index (χ4n) is 1.37. The first kappa shape index (κ1) is 11.3. The van der Waals surface area contributed by atoms with Crippen molar-refractivity contribution in [3.8, 4) is 0 Å². The minimum Gasteiger partial charge on any atom is -0.444 e. The number of aromatic nitrogens is 4. The van der Waals surface area contributed by atoms with E-state index in [0.717, 1.165) is 28.9 Å². The molecule has 86 valence electrons. The lowest BCUT2D eigenvalue weighted by Gasteiger charge is -1.93. The zero-order chi connectivity index (χ0) is 11.5. The molecule has 2 rings (SSSR count). The standard InChI is InChI=1S/C10H13BrN4O/c1-7-8(2)16-10(12-7)6-15-5-9(3-4-11)13-14-15/h5H,3-4,6H2,1-2H3. The van der Waals surface area contributed by atoms with Gasteiger partial charge in [0, 0.05) is 17.9 Å². The van der Waals surface area contributed by atoms with E-state index in [1.165, 1.54) is 0 Å². The van der Waals surface area contributed by atoms with Crippen molar-refractivity contribution in [2.24, 2.45) is 0 Å². The summed E-state index contributed by atoms with van der Waals surface area (Å²) < 4.78 is 7.22. The summed E-state index contributed by atoms with van der Waals surface area (Å²) in [6, 6.07) is 0. The van der Waals surface area contributed by atoms with Crippen LogP contribution in [0.3, 0.4) is 0 Å². The molecule has 0 saturated heterocycles. The Morgan fingerprint density at radius 2 is 2.25 bits per heavy atom.